The standard InChI is InChI=1S/C11H19Br/c1-11(2)9-7-5-3-4-6-8-10-12/h11H,3-5,7,9-10H2,1-2H3. The van der Waals surface area contributed by atoms with Gasteiger partial charge in [-0.1, -0.05) is 55.0 Å². The van der Waals surface area contributed by atoms with Gasteiger partial charge in [-0.2, -0.15) is 0 Å². The summed E-state index contributed by atoms with van der Waals surface area (Å²) in [6.45, 7) is 4.56. The van der Waals surface area contributed by atoms with Crippen molar-refractivity contribution in [1.82, 2.24) is 0 Å². The molecule has 0 spiro atoms. The van der Waals surface area contributed by atoms with Crippen molar-refractivity contribution >= 4 is 15.9 Å². The second-order valence-corrected chi connectivity index (χ2v) is 4.04. The molecule has 0 aromatic carbocycles. The van der Waals surface area contributed by atoms with Crippen molar-refractivity contribution in [3.8, 4) is 11.8 Å². The molecule has 0 heterocycles. The van der Waals surface area contributed by atoms with E-state index in [1.807, 2.05) is 0 Å². The van der Waals surface area contributed by atoms with Crippen LogP contribution < -0.4 is 0 Å². The van der Waals surface area contributed by atoms with E-state index in [-0.39, 0.29) is 0 Å². The minimum absolute atomic E-state index is 0.818. The van der Waals surface area contributed by atoms with Crippen LogP contribution in [0.1, 0.15) is 46.0 Å². The minimum Gasteiger partial charge on any atom is -0.102 e. The highest BCUT2D eigenvalue weighted by molar-refractivity contribution is 9.09. The minimum atomic E-state index is 0.818. The number of halogens is 1. The summed E-state index contributed by atoms with van der Waals surface area (Å²) in [6.07, 6.45) is 6.42. The molecule has 0 aromatic heterocycles. The van der Waals surface area contributed by atoms with Gasteiger partial charge in [0.1, 0.15) is 0 Å². The number of alkyl halides is 1. The monoisotopic (exact) mass is 230 g/mol. The molecule has 0 unspecified atom stereocenters. The van der Waals surface area contributed by atoms with E-state index in [4.69, 9.17) is 0 Å². The van der Waals surface area contributed by atoms with Gasteiger partial charge in [0, 0.05) is 6.42 Å². The third-order valence-corrected chi connectivity index (χ3v) is 2.06. The number of unbranched alkanes of at least 4 members (excludes halogenated alkanes) is 3. The molecule has 0 saturated heterocycles. The molecule has 0 radical (unpaired) electrons. The number of hydrogen-bond acceptors (Lipinski definition) is 0. The Kier molecular flexibility index (Phi) is 9.16. The Morgan fingerprint density at radius 2 is 1.83 bits per heavy atom. The summed E-state index contributed by atoms with van der Waals surface area (Å²) in [5, 5.41) is 0.818. The molecule has 1 heteroatoms. The molecule has 0 rings (SSSR count). The maximum Gasteiger partial charge on any atom is 0.0645 e. The van der Waals surface area contributed by atoms with E-state index in [0.717, 1.165) is 17.7 Å². The summed E-state index contributed by atoms with van der Waals surface area (Å²) < 4.78 is 0. The molecule has 0 fully saturated rings. The van der Waals surface area contributed by atoms with Gasteiger partial charge in [0.25, 0.3) is 0 Å². The zero-order chi connectivity index (χ0) is 9.23. The van der Waals surface area contributed by atoms with E-state index < -0.39 is 0 Å². The van der Waals surface area contributed by atoms with Gasteiger partial charge in [0.15, 0.2) is 0 Å². The zero-order valence-electron chi connectivity index (χ0n) is 8.20. The fourth-order valence-electron chi connectivity index (χ4n) is 1.08. The van der Waals surface area contributed by atoms with Crippen molar-refractivity contribution in [3.63, 3.8) is 0 Å². The lowest BCUT2D eigenvalue weighted by Crippen LogP contribution is -1.86. The van der Waals surface area contributed by atoms with Gasteiger partial charge in [0.05, 0.1) is 5.33 Å². The van der Waals surface area contributed by atoms with Gasteiger partial charge in [-0.15, -0.1) is 5.92 Å². The van der Waals surface area contributed by atoms with E-state index in [9.17, 15) is 0 Å². The lowest BCUT2D eigenvalue weighted by molar-refractivity contribution is 0.530. The Morgan fingerprint density at radius 1 is 1.08 bits per heavy atom. The van der Waals surface area contributed by atoms with Gasteiger partial charge >= 0.3 is 0 Å². The van der Waals surface area contributed by atoms with Crippen molar-refractivity contribution in [2.75, 3.05) is 5.33 Å². The van der Waals surface area contributed by atoms with Crippen LogP contribution in [0.25, 0.3) is 0 Å². The Balaban J connectivity index is 3.01. The van der Waals surface area contributed by atoms with Gasteiger partial charge in [-0.25, -0.2) is 0 Å². The summed E-state index contributed by atoms with van der Waals surface area (Å²) in [4.78, 5) is 0. The number of hydrogen-bond donors (Lipinski definition) is 0. The molecular formula is C11H19Br. The van der Waals surface area contributed by atoms with Crippen LogP contribution in [0.5, 0.6) is 0 Å². The second-order valence-electron chi connectivity index (χ2n) is 3.48. The van der Waals surface area contributed by atoms with E-state index in [0.29, 0.717) is 0 Å². The molecule has 0 aliphatic rings. The third kappa shape index (κ3) is 10.0. The Labute approximate surface area is 85.3 Å². The largest absolute Gasteiger partial charge is 0.102 e. The lowest BCUT2D eigenvalue weighted by Gasteiger charge is -2.01. The molecule has 0 amide bonds. The molecular weight excluding hydrogens is 212 g/mol. The average Bonchev–Trinajstić information content (AvgIpc) is 2.02. The van der Waals surface area contributed by atoms with E-state index in [1.54, 1.807) is 0 Å². The molecule has 0 aliphatic heterocycles. The molecule has 0 aliphatic carbocycles. The predicted octanol–water partition coefficient (Wildman–Crippen LogP) is 3.99. The van der Waals surface area contributed by atoms with Crippen molar-refractivity contribution < 1.29 is 0 Å². The zero-order valence-corrected chi connectivity index (χ0v) is 9.78. The van der Waals surface area contributed by atoms with Crippen LogP contribution in [-0.2, 0) is 0 Å². The highest BCUT2D eigenvalue weighted by Gasteiger charge is 1.92. The van der Waals surface area contributed by atoms with E-state index >= 15 is 0 Å². The van der Waals surface area contributed by atoms with Gasteiger partial charge < -0.3 is 0 Å². The summed E-state index contributed by atoms with van der Waals surface area (Å²) >= 11 is 3.28. The van der Waals surface area contributed by atoms with Crippen LogP contribution in [0.3, 0.4) is 0 Å². The van der Waals surface area contributed by atoms with Crippen LogP contribution in [-0.4, -0.2) is 5.33 Å². The Hall–Kier alpha value is 0.0400. The number of rotatable bonds is 5. The molecule has 0 bridgehead atoms. The highest BCUT2D eigenvalue weighted by atomic mass is 79.9. The summed E-state index contributed by atoms with van der Waals surface area (Å²) in [5.74, 6) is 7.00. The lowest BCUT2D eigenvalue weighted by atomic mass is 10.0. The SMILES string of the molecule is CC(C)CCCCCC#CCBr. The van der Waals surface area contributed by atoms with Crippen LogP contribution in [0.2, 0.25) is 0 Å². The summed E-state index contributed by atoms with van der Waals surface area (Å²) in [5.41, 5.74) is 0. The maximum atomic E-state index is 3.28. The summed E-state index contributed by atoms with van der Waals surface area (Å²) in [6, 6.07) is 0. The molecule has 0 N–H and O–H groups in total. The fourth-order valence-corrected chi connectivity index (χ4v) is 1.28. The van der Waals surface area contributed by atoms with E-state index in [2.05, 4.69) is 41.6 Å². The molecule has 0 saturated carbocycles. The molecule has 12 heavy (non-hydrogen) atoms. The smallest absolute Gasteiger partial charge is 0.0645 e. The van der Waals surface area contributed by atoms with Gasteiger partial charge in [-0.3, -0.25) is 0 Å². The predicted molar refractivity (Wildman–Crippen MR) is 59.5 cm³/mol. The first kappa shape index (κ1) is 12.0. The fraction of sp³-hybridized carbons (Fsp3) is 0.818. The Bertz CT molecular complexity index is 139. The molecule has 0 atom stereocenters. The van der Waals surface area contributed by atoms with E-state index in [1.165, 1.54) is 25.7 Å². The average molecular weight is 231 g/mol. The van der Waals surface area contributed by atoms with Crippen LogP contribution >= 0.6 is 15.9 Å². The molecule has 70 valence electrons. The molecule has 0 aromatic rings. The first-order chi connectivity index (χ1) is 5.77. The first-order valence-electron chi connectivity index (χ1n) is 4.79. The quantitative estimate of drug-likeness (QED) is 0.381. The van der Waals surface area contributed by atoms with Crippen molar-refractivity contribution in [3.05, 3.63) is 0 Å². The second kappa shape index (κ2) is 9.13. The first-order valence-corrected chi connectivity index (χ1v) is 5.91. The highest BCUT2D eigenvalue weighted by Crippen LogP contribution is 2.08. The van der Waals surface area contributed by atoms with Crippen LogP contribution in [0.4, 0.5) is 0 Å². The summed E-state index contributed by atoms with van der Waals surface area (Å²) in [7, 11) is 0. The Morgan fingerprint density at radius 3 is 2.42 bits per heavy atom. The van der Waals surface area contributed by atoms with Crippen molar-refractivity contribution in [2.45, 2.75) is 46.0 Å². The normalized spacial score (nSPS) is 9.67. The third-order valence-electron chi connectivity index (χ3n) is 1.78. The van der Waals surface area contributed by atoms with Gasteiger partial charge in [0.2, 0.25) is 0 Å². The van der Waals surface area contributed by atoms with Crippen LogP contribution in [0.15, 0.2) is 0 Å². The maximum absolute atomic E-state index is 3.28. The van der Waals surface area contributed by atoms with Crippen LogP contribution in [0, 0.1) is 17.8 Å². The van der Waals surface area contributed by atoms with Crippen molar-refractivity contribution in [1.29, 1.82) is 0 Å². The van der Waals surface area contributed by atoms with Crippen molar-refractivity contribution in [2.24, 2.45) is 5.92 Å². The molecule has 0 nitrogen and oxygen atoms in total. The van der Waals surface area contributed by atoms with Gasteiger partial charge in [-0.05, 0) is 12.3 Å². The topological polar surface area (TPSA) is 0 Å².